The van der Waals surface area contributed by atoms with Gasteiger partial charge in [-0.1, -0.05) is 6.07 Å². The zero-order chi connectivity index (χ0) is 17.9. The van der Waals surface area contributed by atoms with Crippen LogP contribution in [0.1, 0.15) is 27.6 Å². The Balaban J connectivity index is 2.18. The lowest BCUT2D eigenvalue weighted by molar-refractivity contribution is -0.0521. The third-order valence-corrected chi connectivity index (χ3v) is 3.03. The number of rotatable bonds is 5. The Hall–Kier alpha value is -2.90. The maximum Gasteiger partial charge on any atom is 0.387 e. The van der Waals surface area contributed by atoms with Gasteiger partial charge in [0.2, 0.25) is 0 Å². The van der Waals surface area contributed by atoms with E-state index in [2.05, 4.69) is 10.1 Å². The van der Waals surface area contributed by atoms with Gasteiger partial charge in [0.1, 0.15) is 5.82 Å². The molecular formula is C16H11F4NO3. The number of Topliss-reactive ketones (excluding diaryl/α,β-unsaturated/α-hetero) is 1. The molecule has 0 spiro atoms. The summed E-state index contributed by atoms with van der Waals surface area (Å²) in [6.45, 7) is -1.94. The summed E-state index contributed by atoms with van der Waals surface area (Å²) in [4.78, 5) is 23.1. The maximum absolute atomic E-state index is 13.9. The molecule has 126 valence electrons. The number of hydrogen-bond donors (Lipinski definition) is 1. The van der Waals surface area contributed by atoms with Crippen LogP contribution in [0.2, 0.25) is 0 Å². The molecule has 0 fully saturated rings. The second kappa shape index (κ2) is 7.12. The predicted molar refractivity (Wildman–Crippen MR) is 77.4 cm³/mol. The van der Waals surface area contributed by atoms with Crippen LogP contribution in [0.15, 0.2) is 36.4 Å². The minimum atomic E-state index is -3.19. The molecule has 2 aromatic carbocycles. The summed E-state index contributed by atoms with van der Waals surface area (Å²) in [6, 6.07) is 6.11. The van der Waals surface area contributed by atoms with Gasteiger partial charge in [-0.05, 0) is 31.2 Å². The van der Waals surface area contributed by atoms with Crippen LogP contribution in [0, 0.1) is 11.6 Å². The van der Waals surface area contributed by atoms with Crippen molar-refractivity contribution in [3.63, 3.8) is 0 Å². The molecule has 0 saturated carbocycles. The summed E-state index contributed by atoms with van der Waals surface area (Å²) in [6.07, 6.45) is 0. The Morgan fingerprint density at radius 2 is 1.75 bits per heavy atom. The van der Waals surface area contributed by atoms with E-state index in [1.54, 1.807) is 0 Å². The molecule has 0 heterocycles. The Morgan fingerprint density at radius 1 is 1.04 bits per heavy atom. The number of ketones is 1. The number of halogens is 4. The fraction of sp³-hybridized carbons (Fsp3) is 0.125. The summed E-state index contributed by atoms with van der Waals surface area (Å²) >= 11 is 0. The van der Waals surface area contributed by atoms with Gasteiger partial charge in [-0.15, -0.1) is 0 Å². The second-order valence-corrected chi connectivity index (χ2v) is 4.73. The van der Waals surface area contributed by atoms with Crippen molar-refractivity contribution in [3.8, 4) is 5.75 Å². The molecule has 0 atom stereocenters. The Morgan fingerprint density at radius 3 is 2.29 bits per heavy atom. The molecule has 0 bridgehead atoms. The van der Waals surface area contributed by atoms with Crippen LogP contribution in [0.3, 0.4) is 0 Å². The van der Waals surface area contributed by atoms with E-state index in [0.717, 1.165) is 30.3 Å². The number of anilines is 1. The van der Waals surface area contributed by atoms with E-state index in [9.17, 15) is 27.2 Å². The molecule has 0 aliphatic rings. The van der Waals surface area contributed by atoms with Crippen molar-refractivity contribution in [2.45, 2.75) is 13.5 Å². The number of hydrogen-bond acceptors (Lipinski definition) is 3. The van der Waals surface area contributed by atoms with Crippen molar-refractivity contribution in [2.75, 3.05) is 5.32 Å². The van der Waals surface area contributed by atoms with Crippen molar-refractivity contribution >= 4 is 17.4 Å². The van der Waals surface area contributed by atoms with Crippen LogP contribution in [-0.2, 0) is 0 Å². The van der Waals surface area contributed by atoms with E-state index in [1.807, 2.05) is 0 Å². The van der Waals surface area contributed by atoms with Gasteiger partial charge >= 0.3 is 6.61 Å². The Kier molecular flexibility index (Phi) is 5.18. The summed E-state index contributed by atoms with van der Waals surface area (Å²) in [5, 5.41) is 2.22. The van der Waals surface area contributed by atoms with E-state index in [0.29, 0.717) is 0 Å². The Labute approximate surface area is 134 Å². The molecule has 4 nitrogen and oxygen atoms in total. The predicted octanol–water partition coefficient (Wildman–Crippen LogP) is 4.02. The van der Waals surface area contributed by atoms with Gasteiger partial charge in [0.15, 0.2) is 17.3 Å². The average molecular weight is 341 g/mol. The molecule has 24 heavy (non-hydrogen) atoms. The summed E-state index contributed by atoms with van der Waals surface area (Å²) in [5.74, 6) is -3.96. The summed E-state index contributed by atoms with van der Waals surface area (Å²) in [5.41, 5.74) is -0.328. The zero-order valence-corrected chi connectivity index (χ0v) is 12.3. The standard InChI is InChI=1S/C16H11F4NO3/c1-8(22)9-2-4-11(12(17)6-9)15(23)21-10-3-5-14(13(18)7-10)24-16(19)20/h2-7,16H,1H3,(H,21,23). The van der Waals surface area contributed by atoms with Gasteiger partial charge in [-0.3, -0.25) is 9.59 Å². The van der Waals surface area contributed by atoms with E-state index in [-0.39, 0.29) is 22.6 Å². The first-order valence-corrected chi connectivity index (χ1v) is 6.64. The van der Waals surface area contributed by atoms with Crippen molar-refractivity contribution in [1.29, 1.82) is 0 Å². The highest BCUT2D eigenvalue weighted by atomic mass is 19.3. The van der Waals surface area contributed by atoms with Crippen molar-refractivity contribution < 1.29 is 31.9 Å². The third kappa shape index (κ3) is 4.09. The van der Waals surface area contributed by atoms with E-state index >= 15 is 0 Å². The molecule has 0 aliphatic heterocycles. The monoisotopic (exact) mass is 341 g/mol. The number of alkyl halides is 2. The number of ether oxygens (including phenoxy) is 1. The third-order valence-electron chi connectivity index (χ3n) is 3.03. The first-order chi connectivity index (χ1) is 11.3. The van der Waals surface area contributed by atoms with Gasteiger partial charge in [-0.2, -0.15) is 8.78 Å². The molecule has 0 aromatic heterocycles. The van der Waals surface area contributed by atoms with E-state index < -0.39 is 29.9 Å². The maximum atomic E-state index is 13.9. The molecule has 0 radical (unpaired) electrons. The van der Waals surface area contributed by atoms with E-state index in [4.69, 9.17) is 0 Å². The molecular weight excluding hydrogens is 330 g/mol. The minimum absolute atomic E-state index is 0.0749. The number of carbonyl (C=O) groups excluding carboxylic acids is 2. The smallest absolute Gasteiger partial charge is 0.387 e. The number of amides is 1. The zero-order valence-electron chi connectivity index (χ0n) is 12.3. The van der Waals surface area contributed by atoms with Crippen LogP contribution < -0.4 is 10.1 Å². The van der Waals surface area contributed by atoms with Crippen LogP contribution >= 0.6 is 0 Å². The van der Waals surface area contributed by atoms with Crippen LogP contribution in [0.4, 0.5) is 23.2 Å². The lowest BCUT2D eigenvalue weighted by Crippen LogP contribution is -2.14. The first kappa shape index (κ1) is 17.5. The van der Waals surface area contributed by atoms with Gasteiger partial charge in [-0.25, -0.2) is 8.78 Å². The van der Waals surface area contributed by atoms with Crippen molar-refractivity contribution in [1.82, 2.24) is 0 Å². The molecule has 0 unspecified atom stereocenters. The van der Waals surface area contributed by atoms with Gasteiger partial charge < -0.3 is 10.1 Å². The van der Waals surface area contributed by atoms with E-state index in [1.165, 1.54) is 13.0 Å². The highest BCUT2D eigenvalue weighted by Crippen LogP contribution is 2.23. The first-order valence-electron chi connectivity index (χ1n) is 6.64. The average Bonchev–Trinajstić information content (AvgIpc) is 2.49. The highest BCUT2D eigenvalue weighted by molar-refractivity contribution is 6.05. The van der Waals surface area contributed by atoms with Gasteiger partial charge in [0, 0.05) is 17.3 Å². The molecule has 0 aliphatic carbocycles. The van der Waals surface area contributed by atoms with Crippen LogP contribution in [-0.4, -0.2) is 18.3 Å². The lowest BCUT2D eigenvalue weighted by Gasteiger charge is -2.09. The summed E-state index contributed by atoms with van der Waals surface area (Å²) in [7, 11) is 0. The molecule has 8 heteroatoms. The number of benzene rings is 2. The van der Waals surface area contributed by atoms with Crippen LogP contribution in [0.5, 0.6) is 5.75 Å². The van der Waals surface area contributed by atoms with Crippen molar-refractivity contribution in [2.24, 2.45) is 0 Å². The summed E-state index contributed by atoms with van der Waals surface area (Å²) < 4.78 is 55.4. The molecule has 0 saturated heterocycles. The Bertz CT molecular complexity index is 793. The molecule has 1 amide bonds. The number of nitrogens with one attached hydrogen (secondary N) is 1. The minimum Gasteiger partial charge on any atom is -0.432 e. The molecule has 1 N–H and O–H groups in total. The SMILES string of the molecule is CC(=O)c1ccc(C(=O)Nc2ccc(OC(F)F)c(F)c2)c(F)c1. The topological polar surface area (TPSA) is 55.4 Å². The van der Waals surface area contributed by atoms with Crippen LogP contribution in [0.25, 0.3) is 0 Å². The fourth-order valence-corrected chi connectivity index (χ4v) is 1.89. The van der Waals surface area contributed by atoms with Gasteiger partial charge in [0.05, 0.1) is 5.56 Å². The highest BCUT2D eigenvalue weighted by Gasteiger charge is 2.15. The van der Waals surface area contributed by atoms with Gasteiger partial charge in [0.25, 0.3) is 5.91 Å². The fourth-order valence-electron chi connectivity index (χ4n) is 1.89. The van der Waals surface area contributed by atoms with Crippen molar-refractivity contribution in [3.05, 3.63) is 59.2 Å². The second-order valence-electron chi connectivity index (χ2n) is 4.73. The quantitative estimate of drug-likeness (QED) is 0.660. The normalized spacial score (nSPS) is 10.6. The largest absolute Gasteiger partial charge is 0.432 e. The number of carbonyl (C=O) groups is 2. The lowest BCUT2D eigenvalue weighted by atomic mass is 10.1. The molecule has 2 rings (SSSR count). The molecule has 2 aromatic rings.